The van der Waals surface area contributed by atoms with Crippen molar-refractivity contribution < 1.29 is 0 Å². The van der Waals surface area contributed by atoms with Gasteiger partial charge in [-0.2, -0.15) is 0 Å². The summed E-state index contributed by atoms with van der Waals surface area (Å²) in [5, 5.41) is 1.15. The van der Waals surface area contributed by atoms with Crippen LogP contribution >= 0.6 is 23.2 Å². The number of nitrogens with zero attached hydrogens (tertiary/aromatic N) is 1. The molecule has 0 amide bonds. The highest BCUT2D eigenvalue weighted by molar-refractivity contribution is 6.42. The van der Waals surface area contributed by atoms with Gasteiger partial charge in [-0.05, 0) is 37.7 Å². The molecule has 0 aromatic heterocycles. The summed E-state index contributed by atoms with van der Waals surface area (Å²) in [5.41, 5.74) is 3.78. The summed E-state index contributed by atoms with van der Waals surface area (Å²) in [5.74, 6) is 5.62. The van der Waals surface area contributed by atoms with Crippen LogP contribution in [0.1, 0.15) is 31.9 Å². The Morgan fingerprint density at radius 2 is 1.94 bits per heavy atom. The van der Waals surface area contributed by atoms with E-state index in [1.54, 1.807) is 6.07 Å². The third-order valence-electron chi connectivity index (χ3n) is 3.19. The Hall–Kier alpha value is -0.320. The highest BCUT2D eigenvalue weighted by Gasteiger charge is 2.15. The van der Waals surface area contributed by atoms with Crippen molar-refractivity contribution in [3.8, 4) is 0 Å². The molecule has 0 saturated heterocycles. The lowest BCUT2D eigenvalue weighted by Gasteiger charge is -2.23. The molecule has 0 aliphatic heterocycles. The number of benzene rings is 1. The first-order valence-electron chi connectivity index (χ1n) is 6.26. The second-order valence-corrected chi connectivity index (χ2v) is 4.96. The van der Waals surface area contributed by atoms with Crippen molar-refractivity contribution in [2.75, 3.05) is 19.6 Å². The zero-order valence-corrected chi connectivity index (χ0v) is 12.4. The average Bonchev–Trinajstić information content (AvgIpc) is 2.39. The number of nitrogens with one attached hydrogen (secondary N) is 1. The number of rotatable bonds is 7. The van der Waals surface area contributed by atoms with Gasteiger partial charge in [0.1, 0.15) is 0 Å². The maximum Gasteiger partial charge on any atom is 0.0640 e. The third kappa shape index (κ3) is 4.11. The predicted octanol–water partition coefficient (Wildman–Crippen LogP) is 3.23. The van der Waals surface area contributed by atoms with Gasteiger partial charge in [0, 0.05) is 6.04 Å². The first-order valence-corrected chi connectivity index (χ1v) is 7.02. The highest BCUT2D eigenvalue weighted by atomic mass is 35.5. The van der Waals surface area contributed by atoms with Crippen molar-refractivity contribution in [2.45, 2.75) is 26.3 Å². The van der Waals surface area contributed by atoms with Gasteiger partial charge in [0.05, 0.1) is 10.0 Å². The SMILES string of the molecule is CCN(CC)CCC(NN)c1cccc(Cl)c1Cl. The molecule has 3 nitrogen and oxygen atoms in total. The minimum absolute atomic E-state index is 0.0248. The molecule has 0 spiro atoms. The van der Waals surface area contributed by atoms with Gasteiger partial charge in [0.15, 0.2) is 0 Å². The normalized spacial score (nSPS) is 13.0. The first-order chi connectivity index (χ1) is 8.63. The fourth-order valence-corrected chi connectivity index (χ4v) is 2.41. The first kappa shape index (κ1) is 15.7. The molecule has 0 bridgehead atoms. The van der Waals surface area contributed by atoms with Crippen molar-refractivity contribution in [1.82, 2.24) is 10.3 Å². The van der Waals surface area contributed by atoms with Crippen molar-refractivity contribution in [3.05, 3.63) is 33.8 Å². The summed E-state index contributed by atoms with van der Waals surface area (Å²) in [7, 11) is 0. The van der Waals surface area contributed by atoms with Gasteiger partial charge < -0.3 is 4.90 Å². The van der Waals surface area contributed by atoms with Gasteiger partial charge in [-0.25, -0.2) is 0 Å². The lowest BCUT2D eigenvalue weighted by atomic mass is 10.0. The zero-order chi connectivity index (χ0) is 13.5. The van der Waals surface area contributed by atoms with E-state index in [1.807, 2.05) is 12.1 Å². The quantitative estimate of drug-likeness (QED) is 0.598. The molecule has 5 heteroatoms. The molecule has 1 aromatic rings. The lowest BCUT2D eigenvalue weighted by Crippen LogP contribution is -2.33. The Morgan fingerprint density at radius 1 is 1.28 bits per heavy atom. The monoisotopic (exact) mass is 289 g/mol. The van der Waals surface area contributed by atoms with Crippen LogP contribution in [0.4, 0.5) is 0 Å². The van der Waals surface area contributed by atoms with Gasteiger partial charge in [0.2, 0.25) is 0 Å². The van der Waals surface area contributed by atoms with E-state index in [9.17, 15) is 0 Å². The summed E-state index contributed by atoms with van der Waals surface area (Å²) in [6, 6.07) is 5.66. The van der Waals surface area contributed by atoms with Crippen LogP contribution in [0.3, 0.4) is 0 Å². The van der Waals surface area contributed by atoms with Crippen molar-refractivity contribution in [3.63, 3.8) is 0 Å². The number of hydrazine groups is 1. The molecular weight excluding hydrogens is 269 g/mol. The molecule has 1 unspecified atom stereocenters. The van der Waals surface area contributed by atoms with E-state index < -0.39 is 0 Å². The molecule has 0 aliphatic rings. The van der Waals surface area contributed by atoms with Crippen molar-refractivity contribution >= 4 is 23.2 Å². The Morgan fingerprint density at radius 3 is 2.50 bits per heavy atom. The van der Waals surface area contributed by atoms with Crippen LogP contribution in [0.25, 0.3) is 0 Å². The van der Waals surface area contributed by atoms with Gasteiger partial charge in [-0.3, -0.25) is 11.3 Å². The highest BCUT2D eigenvalue weighted by Crippen LogP contribution is 2.31. The van der Waals surface area contributed by atoms with E-state index in [4.69, 9.17) is 29.0 Å². The molecule has 3 N–H and O–H groups in total. The molecule has 0 radical (unpaired) electrons. The van der Waals surface area contributed by atoms with Crippen LogP contribution in [-0.4, -0.2) is 24.5 Å². The Labute approximate surface area is 119 Å². The summed E-state index contributed by atoms with van der Waals surface area (Å²) in [6.45, 7) is 7.36. The van der Waals surface area contributed by atoms with Crippen molar-refractivity contribution in [2.24, 2.45) is 5.84 Å². The molecule has 0 heterocycles. The van der Waals surface area contributed by atoms with Gasteiger partial charge in [-0.15, -0.1) is 0 Å². The van der Waals surface area contributed by atoms with Crippen molar-refractivity contribution in [1.29, 1.82) is 0 Å². The summed E-state index contributed by atoms with van der Waals surface area (Å²) in [4.78, 5) is 2.35. The summed E-state index contributed by atoms with van der Waals surface area (Å²) >= 11 is 12.2. The minimum atomic E-state index is 0.0248. The van der Waals surface area contributed by atoms with Crippen LogP contribution in [-0.2, 0) is 0 Å². The van der Waals surface area contributed by atoms with Crippen LogP contribution in [0, 0.1) is 0 Å². The molecule has 0 fully saturated rings. The molecule has 0 saturated carbocycles. The summed E-state index contributed by atoms with van der Waals surface area (Å²) < 4.78 is 0. The predicted molar refractivity (Wildman–Crippen MR) is 78.9 cm³/mol. The molecule has 1 rings (SSSR count). The maximum atomic E-state index is 6.21. The standard InChI is InChI=1S/C13H21Cl2N3/c1-3-18(4-2)9-8-12(17-16)10-6-5-7-11(14)13(10)15/h5-7,12,17H,3-4,8-9,16H2,1-2H3. The smallest absolute Gasteiger partial charge is 0.0640 e. The fraction of sp³-hybridized carbons (Fsp3) is 0.538. The minimum Gasteiger partial charge on any atom is -0.304 e. The van der Waals surface area contributed by atoms with Crippen LogP contribution in [0.2, 0.25) is 10.0 Å². The largest absolute Gasteiger partial charge is 0.304 e. The topological polar surface area (TPSA) is 41.3 Å². The van der Waals surface area contributed by atoms with Gasteiger partial charge in [0.25, 0.3) is 0 Å². The Kier molecular flexibility index (Phi) is 6.97. The maximum absolute atomic E-state index is 6.21. The number of hydrogen-bond acceptors (Lipinski definition) is 3. The van der Waals surface area contributed by atoms with Crippen LogP contribution < -0.4 is 11.3 Å². The zero-order valence-electron chi connectivity index (χ0n) is 10.9. The Bertz CT molecular complexity index is 367. The van der Waals surface area contributed by atoms with E-state index in [2.05, 4.69) is 24.2 Å². The van der Waals surface area contributed by atoms with Gasteiger partial charge >= 0.3 is 0 Å². The third-order valence-corrected chi connectivity index (χ3v) is 4.02. The number of hydrogen-bond donors (Lipinski definition) is 2. The van der Waals surface area contributed by atoms with Crippen LogP contribution in [0.15, 0.2) is 18.2 Å². The van der Waals surface area contributed by atoms with E-state index in [0.29, 0.717) is 10.0 Å². The van der Waals surface area contributed by atoms with E-state index in [1.165, 1.54) is 0 Å². The number of nitrogens with two attached hydrogens (primary N) is 1. The molecule has 18 heavy (non-hydrogen) atoms. The average molecular weight is 290 g/mol. The van der Waals surface area contributed by atoms with E-state index in [-0.39, 0.29) is 6.04 Å². The fourth-order valence-electron chi connectivity index (χ4n) is 1.97. The Balaban J connectivity index is 2.74. The van der Waals surface area contributed by atoms with E-state index in [0.717, 1.165) is 31.6 Å². The summed E-state index contributed by atoms with van der Waals surface area (Å²) in [6.07, 6.45) is 0.901. The molecule has 1 atom stereocenters. The molecular formula is C13H21Cl2N3. The van der Waals surface area contributed by atoms with E-state index >= 15 is 0 Å². The van der Waals surface area contributed by atoms with Crippen LogP contribution in [0.5, 0.6) is 0 Å². The molecule has 0 aliphatic carbocycles. The number of halogens is 2. The molecule has 1 aromatic carbocycles. The molecule has 102 valence electrons. The van der Waals surface area contributed by atoms with Gasteiger partial charge in [-0.1, -0.05) is 49.2 Å². The lowest BCUT2D eigenvalue weighted by molar-refractivity contribution is 0.282. The second kappa shape index (κ2) is 7.97. The second-order valence-electron chi connectivity index (χ2n) is 4.18.